The Morgan fingerprint density at radius 1 is 1.58 bits per heavy atom. The molecule has 0 radical (unpaired) electrons. The number of thiophene rings is 1. The Morgan fingerprint density at radius 2 is 2.42 bits per heavy atom. The lowest BCUT2D eigenvalue weighted by Crippen LogP contribution is -2.28. The predicted octanol–water partition coefficient (Wildman–Crippen LogP) is 0.191. The van der Waals surface area contributed by atoms with E-state index in [0.717, 1.165) is 6.54 Å². The van der Waals surface area contributed by atoms with E-state index >= 15 is 0 Å². The summed E-state index contributed by atoms with van der Waals surface area (Å²) in [6.07, 6.45) is -0.649. The molecular formula is C8H13NO2S. The quantitative estimate of drug-likeness (QED) is 0.617. The highest BCUT2D eigenvalue weighted by molar-refractivity contribution is 7.07. The summed E-state index contributed by atoms with van der Waals surface area (Å²) in [7, 11) is 0. The van der Waals surface area contributed by atoms with Gasteiger partial charge in [0.05, 0.1) is 12.7 Å². The van der Waals surface area contributed by atoms with Crippen LogP contribution in [-0.4, -0.2) is 29.5 Å². The van der Waals surface area contributed by atoms with Gasteiger partial charge in [0, 0.05) is 13.1 Å². The zero-order valence-corrected chi connectivity index (χ0v) is 7.55. The van der Waals surface area contributed by atoms with Gasteiger partial charge in [-0.1, -0.05) is 0 Å². The number of nitrogens with one attached hydrogen (secondary N) is 1. The Labute approximate surface area is 75.7 Å². The average Bonchev–Trinajstić information content (AvgIpc) is 2.57. The molecule has 68 valence electrons. The minimum atomic E-state index is -0.649. The largest absolute Gasteiger partial charge is 0.394 e. The summed E-state index contributed by atoms with van der Waals surface area (Å²) in [5.41, 5.74) is 1.21. The zero-order valence-electron chi connectivity index (χ0n) is 6.73. The van der Waals surface area contributed by atoms with Crippen LogP contribution in [0.1, 0.15) is 5.56 Å². The second-order valence-electron chi connectivity index (χ2n) is 2.60. The standard InChI is InChI=1S/C8H13NO2S/c10-5-8(11)4-9-3-7-1-2-12-6-7/h1-2,6,8-11H,3-5H2/t8-/m1/s1. The van der Waals surface area contributed by atoms with Crippen LogP contribution < -0.4 is 5.32 Å². The third-order valence-electron chi connectivity index (χ3n) is 1.50. The van der Waals surface area contributed by atoms with Crippen LogP contribution in [0.3, 0.4) is 0 Å². The van der Waals surface area contributed by atoms with Crippen LogP contribution in [0.4, 0.5) is 0 Å². The molecule has 0 saturated heterocycles. The van der Waals surface area contributed by atoms with Crippen LogP contribution in [0.15, 0.2) is 16.8 Å². The number of aliphatic hydroxyl groups is 2. The van der Waals surface area contributed by atoms with E-state index in [0.29, 0.717) is 6.54 Å². The highest BCUT2D eigenvalue weighted by Gasteiger charge is 2.00. The molecule has 0 aliphatic carbocycles. The first-order valence-electron chi connectivity index (χ1n) is 3.83. The lowest BCUT2D eigenvalue weighted by atomic mass is 10.3. The van der Waals surface area contributed by atoms with E-state index in [1.165, 1.54) is 5.56 Å². The Morgan fingerprint density at radius 3 is 3.00 bits per heavy atom. The first-order chi connectivity index (χ1) is 5.83. The number of rotatable bonds is 5. The molecule has 0 bridgehead atoms. The molecule has 12 heavy (non-hydrogen) atoms. The van der Waals surface area contributed by atoms with Gasteiger partial charge in [0.2, 0.25) is 0 Å². The molecule has 1 aromatic rings. The van der Waals surface area contributed by atoms with Crippen molar-refractivity contribution in [1.29, 1.82) is 0 Å². The summed E-state index contributed by atoms with van der Waals surface area (Å²) in [5, 5.41) is 24.6. The summed E-state index contributed by atoms with van der Waals surface area (Å²) in [6, 6.07) is 2.03. The van der Waals surface area contributed by atoms with Crippen molar-refractivity contribution in [3.8, 4) is 0 Å². The molecule has 0 fully saturated rings. The summed E-state index contributed by atoms with van der Waals surface area (Å²) >= 11 is 1.65. The van der Waals surface area contributed by atoms with Crippen LogP contribution in [0.2, 0.25) is 0 Å². The normalized spacial score (nSPS) is 13.2. The molecule has 1 aromatic heterocycles. The van der Waals surface area contributed by atoms with Gasteiger partial charge in [-0.3, -0.25) is 0 Å². The molecule has 1 heterocycles. The smallest absolute Gasteiger partial charge is 0.0895 e. The molecule has 4 heteroatoms. The van der Waals surface area contributed by atoms with Crippen LogP contribution >= 0.6 is 11.3 Å². The second kappa shape index (κ2) is 5.27. The van der Waals surface area contributed by atoms with Gasteiger partial charge in [-0.2, -0.15) is 11.3 Å². The molecule has 0 aliphatic heterocycles. The maximum Gasteiger partial charge on any atom is 0.0895 e. The number of aliphatic hydroxyl groups excluding tert-OH is 2. The fourth-order valence-electron chi connectivity index (χ4n) is 0.841. The highest BCUT2D eigenvalue weighted by atomic mass is 32.1. The molecule has 3 N–H and O–H groups in total. The molecule has 0 aliphatic rings. The summed E-state index contributed by atoms with van der Waals surface area (Å²) < 4.78 is 0. The van der Waals surface area contributed by atoms with Crippen molar-refractivity contribution in [3.63, 3.8) is 0 Å². The first kappa shape index (κ1) is 9.67. The third kappa shape index (κ3) is 3.32. The minimum Gasteiger partial charge on any atom is -0.394 e. The van der Waals surface area contributed by atoms with E-state index in [1.807, 2.05) is 11.4 Å². The van der Waals surface area contributed by atoms with E-state index < -0.39 is 6.10 Å². The van der Waals surface area contributed by atoms with E-state index in [4.69, 9.17) is 10.2 Å². The summed E-state index contributed by atoms with van der Waals surface area (Å²) in [5.74, 6) is 0. The van der Waals surface area contributed by atoms with Gasteiger partial charge in [-0.15, -0.1) is 0 Å². The van der Waals surface area contributed by atoms with Gasteiger partial charge in [-0.05, 0) is 22.4 Å². The predicted molar refractivity (Wildman–Crippen MR) is 49.1 cm³/mol. The maximum absolute atomic E-state index is 8.98. The monoisotopic (exact) mass is 187 g/mol. The molecule has 0 spiro atoms. The fourth-order valence-corrected chi connectivity index (χ4v) is 1.51. The molecule has 1 rings (SSSR count). The van der Waals surface area contributed by atoms with Gasteiger partial charge in [0.15, 0.2) is 0 Å². The van der Waals surface area contributed by atoms with Crippen molar-refractivity contribution in [1.82, 2.24) is 5.32 Å². The van der Waals surface area contributed by atoms with Crippen LogP contribution in [0.5, 0.6) is 0 Å². The Kier molecular flexibility index (Phi) is 4.24. The van der Waals surface area contributed by atoms with Crippen LogP contribution in [0.25, 0.3) is 0 Å². The topological polar surface area (TPSA) is 52.5 Å². The van der Waals surface area contributed by atoms with E-state index in [2.05, 4.69) is 10.7 Å². The zero-order chi connectivity index (χ0) is 8.81. The molecular weight excluding hydrogens is 174 g/mol. The SMILES string of the molecule is OC[C@H](O)CNCc1ccsc1. The van der Waals surface area contributed by atoms with Crippen molar-refractivity contribution < 1.29 is 10.2 Å². The van der Waals surface area contributed by atoms with E-state index in [1.54, 1.807) is 11.3 Å². The first-order valence-corrected chi connectivity index (χ1v) is 4.78. The van der Waals surface area contributed by atoms with Crippen molar-refractivity contribution in [3.05, 3.63) is 22.4 Å². The molecule has 0 saturated carbocycles. The highest BCUT2D eigenvalue weighted by Crippen LogP contribution is 2.04. The van der Waals surface area contributed by atoms with Crippen LogP contribution in [-0.2, 0) is 6.54 Å². The van der Waals surface area contributed by atoms with Crippen molar-refractivity contribution >= 4 is 11.3 Å². The second-order valence-corrected chi connectivity index (χ2v) is 3.38. The lowest BCUT2D eigenvalue weighted by molar-refractivity contribution is 0.0942. The van der Waals surface area contributed by atoms with E-state index in [-0.39, 0.29) is 6.61 Å². The molecule has 3 nitrogen and oxygen atoms in total. The molecule has 0 unspecified atom stereocenters. The van der Waals surface area contributed by atoms with Crippen molar-refractivity contribution in [2.45, 2.75) is 12.6 Å². The summed E-state index contributed by atoms with van der Waals surface area (Å²) in [6.45, 7) is 1.00. The van der Waals surface area contributed by atoms with E-state index in [9.17, 15) is 0 Å². The van der Waals surface area contributed by atoms with Gasteiger partial charge in [-0.25, -0.2) is 0 Å². The van der Waals surface area contributed by atoms with Gasteiger partial charge < -0.3 is 15.5 Å². The minimum absolute atomic E-state index is 0.184. The summed E-state index contributed by atoms with van der Waals surface area (Å²) in [4.78, 5) is 0. The number of hydrogen-bond donors (Lipinski definition) is 3. The van der Waals surface area contributed by atoms with Crippen molar-refractivity contribution in [2.75, 3.05) is 13.2 Å². The molecule has 1 atom stereocenters. The maximum atomic E-state index is 8.98. The van der Waals surface area contributed by atoms with Gasteiger partial charge in [0.1, 0.15) is 0 Å². The van der Waals surface area contributed by atoms with Crippen LogP contribution in [0, 0.1) is 0 Å². The molecule has 0 aromatic carbocycles. The Bertz CT molecular complexity index is 201. The third-order valence-corrected chi connectivity index (χ3v) is 2.23. The average molecular weight is 187 g/mol. The van der Waals surface area contributed by atoms with Gasteiger partial charge >= 0.3 is 0 Å². The Hall–Kier alpha value is -0.420. The molecule has 0 amide bonds. The lowest BCUT2D eigenvalue weighted by Gasteiger charge is -2.07. The Balaban J connectivity index is 2.11. The fraction of sp³-hybridized carbons (Fsp3) is 0.500. The number of hydrogen-bond acceptors (Lipinski definition) is 4. The van der Waals surface area contributed by atoms with Crippen molar-refractivity contribution in [2.24, 2.45) is 0 Å². The van der Waals surface area contributed by atoms with Gasteiger partial charge in [0.25, 0.3) is 0 Å².